The SMILES string of the molecule is COC(=O)c1ccccc1NCCC(=O)N(Cc1ccccc1)C(C)C. The lowest BCUT2D eigenvalue weighted by Crippen LogP contribution is -2.37. The van der Waals surface area contributed by atoms with Crippen molar-refractivity contribution >= 4 is 17.6 Å². The second-order valence-corrected chi connectivity index (χ2v) is 6.31. The Kier molecular flexibility index (Phi) is 7.21. The van der Waals surface area contributed by atoms with Crippen molar-refractivity contribution in [1.29, 1.82) is 0 Å². The van der Waals surface area contributed by atoms with Crippen LogP contribution < -0.4 is 5.32 Å². The standard InChI is InChI=1S/C21H26N2O3/c1-16(2)23(15-17-9-5-4-6-10-17)20(24)13-14-22-19-12-8-7-11-18(19)21(25)26-3/h4-12,16,22H,13-15H2,1-3H3. The molecule has 0 saturated carbocycles. The molecule has 0 aliphatic carbocycles. The Labute approximate surface area is 155 Å². The molecular formula is C21H26N2O3. The molecule has 2 aromatic carbocycles. The number of anilines is 1. The van der Waals surface area contributed by atoms with Crippen molar-refractivity contribution in [2.24, 2.45) is 0 Å². The second kappa shape index (κ2) is 9.61. The number of benzene rings is 2. The van der Waals surface area contributed by atoms with Gasteiger partial charge in [-0.25, -0.2) is 4.79 Å². The van der Waals surface area contributed by atoms with Crippen molar-refractivity contribution in [3.63, 3.8) is 0 Å². The Bertz CT molecular complexity index is 729. The summed E-state index contributed by atoms with van der Waals surface area (Å²) in [5.41, 5.74) is 2.25. The maximum absolute atomic E-state index is 12.6. The maximum Gasteiger partial charge on any atom is 0.339 e. The number of amides is 1. The summed E-state index contributed by atoms with van der Waals surface area (Å²) in [6.07, 6.45) is 0.348. The number of nitrogens with zero attached hydrogens (tertiary/aromatic N) is 1. The summed E-state index contributed by atoms with van der Waals surface area (Å²) in [6.45, 7) is 5.07. The van der Waals surface area contributed by atoms with Crippen LogP contribution >= 0.6 is 0 Å². The minimum atomic E-state index is -0.396. The topological polar surface area (TPSA) is 58.6 Å². The third-order valence-electron chi connectivity index (χ3n) is 4.13. The van der Waals surface area contributed by atoms with Gasteiger partial charge in [-0.05, 0) is 31.5 Å². The van der Waals surface area contributed by atoms with Crippen molar-refractivity contribution < 1.29 is 14.3 Å². The van der Waals surface area contributed by atoms with Crippen molar-refractivity contribution in [2.75, 3.05) is 19.0 Å². The van der Waals surface area contributed by atoms with Crippen LogP contribution in [0.15, 0.2) is 54.6 Å². The van der Waals surface area contributed by atoms with E-state index in [-0.39, 0.29) is 11.9 Å². The lowest BCUT2D eigenvalue weighted by atomic mass is 10.1. The van der Waals surface area contributed by atoms with Crippen molar-refractivity contribution in [1.82, 2.24) is 4.90 Å². The van der Waals surface area contributed by atoms with E-state index in [1.807, 2.05) is 55.1 Å². The van der Waals surface area contributed by atoms with Gasteiger partial charge in [-0.2, -0.15) is 0 Å². The summed E-state index contributed by atoms with van der Waals surface area (Å²) in [7, 11) is 1.35. The molecule has 5 nitrogen and oxygen atoms in total. The van der Waals surface area contributed by atoms with Gasteiger partial charge in [-0.15, -0.1) is 0 Å². The van der Waals surface area contributed by atoms with Crippen molar-refractivity contribution in [2.45, 2.75) is 32.9 Å². The molecule has 0 atom stereocenters. The van der Waals surface area contributed by atoms with E-state index in [2.05, 4.69) is 5.32 Å². The molecule has 1 N–H and O–H groups in total. The molecule has 0 radical (unpaired) electrons. The van der Waals surface area contributed by atoms with Crippen LogP contribution in [0.3, 0.4) is 0 Å². The van der Waals surface area contributed by atoms with Crippen LogP contribution in [0.5, 0.6) is 0 Å². The predicted molar refractivity (Wildman–Crippen MR) is 103 cm³/mol. The van der Waals surface area contributed by atoms with Crippen LogP contribution in [0.25, 0.3) is 0 Å². The summed E-state index contributed by atoms with van der Waals surface area (Å²) in [4.78, 5) is 26.3. The molecule has 26 heavy (non-hydrogen) atoms. The first-order chi connectivity index (χ1) is 12.5. The van der Waals surface area contributed by atoms with E-state index >= 15 is 0 Å². The predicted octanol–water partition coefficient (Wildman–Crippen LogP) is 3.71. The number of ether oxygens (including phenoxy) is 1. The molecule has 0 bridgehead atoms. The Balaban J connectivity index is 1.95. The van der Waals surface area contributed by atoms with Crippen LogP contribution in [0, 0.1) is 0 Å². The van der Waals surface area contributed by atoms with Gasteiger partial charge >= 0.3 is 5.97 Å². The average Bonchev–Trinajstić information content (AvgIpc) is 2.66. The molecule has 0 heterocycles. The fraction of sp³-hybridized carbons (Fsp3) is 0.333. The van der Waals surface area contributed by atoms with E-state index in [1.54, 1.807) is 18.2 Å². The smallest absolute Gasteiger partial charge is 0.339 e. The van der Waals surface area contributed by atoms with Gasteiger partial charge in [0.25, 0.3) is 0 Å². The highest BCUT2D eigenvalue weighted by Gasteiger charge is 2.17. The average molecular weight is 354 g/mol. The summed E-state index contributed by atoms with van der Waals surface area (Å²) in [6, 6.07) is 17.2. The minimum Gasteiger partial charge on any atom is -0.465 e. The number of para-hydroxylation sites is 1. The lowest BCUT2D eigenvalue weighted by molar-refractivity contribution is -0.133. The van der Waals surface area contributed by atoms with Crippen molar-refractivity contribution in [3.05, 3.63) is 65.7 Å². The normalized spacial score (nSPS) is 10.5. The first-order valence-corrected chi connectivity index (χ1v) is 8.77. The van der Waals surface area contributed by atoms with E-state index in [0.29, 0.717) is 30.8 Å². The molecule has 5 heteroatoms. The van der Waals surface area contributed by atoms with Crippen LogP contribution in [-0.2, 0) is 16.1 Å². The molecule has 1 amide bonds. The van der Waals surface area contributed by atoms with E-state index < -0.39 is 5.97 Å². The van der Waals surface area contributed by atoms with Gasteiger partial charge in [0.05, 0.1) is 12.7 Å². The summed E-state index contributed by atoms with van der Waals surface area (Å²) >= 11 is 0. The summed E-state index contributed by atoms with van der Waals surface area (Å²) in [5.74, 6) is -0.320. The molecule has 0 saturated heterocycles. The van der Waals surface area contributed by atoms with Gasteiger partial charge in [-0.1, -0.05) is 42.5 Å². The zero-order valence-corrected chi connectivity index (χ0v) is 15.6. The largest absolute Gasteiger partial charge is 0.465 e. The maximum atomic E-state index is 12.6. The summed E-state index contributed by atoms with van der Waals surface area (Å²) < 4.78 is 4.79. The van der Waals surface area contributed by atoms with Crippen LogP contribution in [0.2, 0.25) is 0 Å². The number of hydrogen-bond donors (Lipinski definition) is 1. The molecule has 0 unspecified atom stereocenters. The molecule has 138 valence electrons. The van der Waals surface area contributed by atoms with Gasteiger partial charge in [0.1, 0.15) is 0 Å². The fourth-order valence-electron chi connectivity index (χ4n) is 2.71. The highest BCUT2D eigenvalue weighted by Crippen LogP contribution is 2.16. The van der Waals surface area contributed by atoms with Gasteiger partial charge in [0, 0.05) is 31.2 Å². The molecule has 0 aromatic heterocycles. The number of carbonyl (C=O) groups excluding carboxylic acids is 2. The molecule has 2 rings (SSSR count). The lowest BCUT2D eigenvalue weighted by Gasteiger charge is -2.27. The Morgan fingerprint density at radius 1 is 1.04 bits per heavy atom. The van der Waals surface area contributed by atoms with Crippen molar-refractivity contribution in [3.8, 4) is 0 Å². The molecule has 0 aliphatic heterocycles. The van der Waals surface area contributed by atoms with Gasteiger partial charge < -0.3 is 15.0 Å². The van der Waals surface area contributed by atoms with Crippen LogP contribution in [0.4, 0.5) is 5.69 Å². The van der Waals surface area contributed by atoms with Crippen LogP contribution in [0.1, 0.15) is 36.2 Å². The molecule has 2 aromatic rings. The third kappa shape index (κ3) is 5.34. The number of rotatable bonds is 8. The number of methoxy groups -OCH3 is 1. The van der Waals surface area contributed by atoms with Crippen LogP contribution in [-0.4, -0.2) is 36.5 Å². The third-order valence-corrected chi connectivity index (χ3v) is 4.13. The molecule has 0 aliphatic rings. The number of nitrogens with one attached hydrogen (secondary N) is 1. The highest BCUT2D eigenvalue weighted by molar-refractivity contribution is 5.95. The minimum absolute atomic E-state index is 0.0758. The van der Waals surface area contributed by atoms with E-state index in [9.17, 15) is 9.59 Å². The molecular weight excluding hydrogens is 328 g/mol. The second-order valence-electron chi connectivity index (χ2n) is 6.31. The Morgan fingerprint density at radius 3 is 2.35 bits per heavy atom. The van der Waals surface area contributed by atoms with Gasteiger partial charge in [0.15, 0.2) is 0 Å². The Morgan fingerprint density at radius 2 is 1.69 bits per heavy atom. The molecule has 0 fully saturated rings. The quantitative estimate of drug-likeness (QED) is 0.734. The summed E-state index contributed by atoms with van der Waals surface area (Å²) in [5, 5.41) is 3.17. The fourth-order valence-corrected chi connectivity index (χ4v) is 2.71. The first kappa shape index (κ1) is 19.5. The zero-order valence-electron chi connectivity index (χ0n) is 15.6. The molecule has 0 spiro atoms. The number of esters is 1. The van der Waals surface area contributed by atoms with E-state index in [1.165, 1.54) is 7.11 Å². The Hall–Kier alpha value is -2.82. The number of hydrogen-bond acceptors (Lipinski definition) is 4. The first-order valence-electron chi connectivity index (χ1n) is 8.77. The zero-order chi connectivity index (χ0) is 18.9. The highest BCUT2D eigenvalue weighted by atomic mass is 16.5. The van der Waals surface area contributed by atoms with Gasteiger partial charge in [0.2, 0.25) is 5.91 Å². The van der Waals surface area contributed by atoms with Gasteiger partial charge in [-0.3, -0.25) is 4.79 Å². The number of carbonyl (C=O) groups is 2. The van der Waals surface area contributed by atoms with E-state index in [4.69, 9.17) is 4.74 Å². The van der Waals surface area contributed by atoms with E-state index in [0.717, 1.165) is 5.56 Å². The monoisotopic (exact) mass is 354 g/mol.